The van der Waals surface area contributed by atoms with Crippen LogP contribution in [0.5, 0.6) is 0 Å². The Hall–Kier alpha value is -1.21. The zero-order valence-corrected chi connectivity index (χ0v) is 10.2. The van der Waals surface area contributed by atoms with Gasteiger partial charge in [0.2, 0.25) is 15.0 Å². The molecule has 92 valence electrons. The second-order valence-corrected chi connectivity index (χ2v) is 6.64. The number of nitrogens with one attached hydrogen (secondary N) is 1. The first-order chi connectivity index (χ1) is 7.95. The van der Waals surface area contributed by atoms with Gasteiger partial charge >= 0.3 is 0 Å². The summed E-state index contributed by atoms with van der Waals surface area (Å²) in [5, 5.41) is -0.223. The molecule has 1 aromatic rings. The lowest BCUT2D eigenvalue weighted by Gasteiger charge is -2.11. The minimum absolute atomic E-state index is 0.223. The fourth-order valence-electron chi connectivity index (χ4n) is 2.14. The maximum Gasteiger partial charge on any atom is 0.256 e. The van der Waals surface area contributed by atoms with Gasteiger partial charge in [0, 0.05) is 25.4 Å². The molecule has 1 fully saturated rings. The summed E-state index contributed by atoms with van der Waals surface area (Å²) in [6, 6.07) is 0.547. The Kier molecular flexibility index (Phi) is 2.18. The third-order valence-corrected chi connectivity index (χ3v) is 4.10. The first kappa shape index (κ1) is 10.9. The Morgan fingerprint density at radius 3 is 2.65 bits per heavy atom. The van der Waals surface area contributed by atoms with E-state index in [4.69, 9.17) is 0 Å². The number of nitrogens with zero attached hydrogens (tertiary/aromatic N) is 2. The third kappa shape index (κ3) is 1.89. The van der Waals surface area contributed by atoms with Crippen molar-refractivity contribution in [1.82, 2.24) is 14.9 Å². The number of aromatic nitrogens is 2. The number of fused-ring (bicyclic) bond motifs is 1. The van der Waals surface area contributed by atoms with Crippen molar-refractivity contribution in [2.75, 3.05) is 6.26 Å². The third-order valence-electron chi connectivity index (χ3n) is 3.21. The minimum Gasteiger partial charge on any atom is -0.297 e. The summed E-state index contributed by atoms with van der Waals surface area (Å²) >= 11 is 0. The number of hydrogen-bond acceptors (Lipinski definition) is 5. The predicted molar refractivity (Wildman–Crippen MR) is 60.2 cm³/mol. The molecule has 0 unspecified atom stereocenters. The van der Waals surface area contributed by atoms with Crippen LogP contribution in [-0.2, 0) is 22.9 Å². The molecule has 0 spiro atoms. The molecular formula is C10H13N3O3S. The van der Waals surface area contributed by atoms with Gasteiger partial charge in [0.05, 0.1) is 11.3 Å². The molecule has 0 bridgehead atoms. The van der Waals surface area contributed by atoms with Crippen molar-refractivity contribution in [2.45, 2.75) is 37.1 Å². The molecule has 0 atom stereocenters. The van der Waals surface area contributed by atoms with Crippen LogP contribution in [0.3, 0.4) is 0 Å². The second kappa shape index (κ2) is 3.39. The van der Waals surface area contributed by atoms with Gasteiger partial charge in [-0.25, -0.2) is 13.4 Å². The van der Waals surface area contributed by atoms with Gasteiger partial charge < -0.3 is 0 Å². The molecule has 1 aliphatic heterocycles. The first-order valence-electron chi connectivity index (χ1n) is 5.51. The molecule has 6 nitrogen and oxygen atoms in total. The van der Waals surface area contributed by atoms with Crippen molar-refractivity contribution in [3.8, 4) is 0 Å². The Balaban J connectivity index is 2.05. The van der Waals surface area contributed by atoms with Gasteiger partial charge in [0.1, 0.15) is 0 Å². The van der Waals surface area contributed by atoms with Gasteiger partial charge in [0.25, 0.3) is 5.56 Å². The van der Waals surface area contributed by atoms with Gasteiger partial charge in [-0.3, -0.25) is 14.7 Å². The van der Waals surface area contributed by atoms with Crippen LogP contribution in [0.1, 0.15) is 24.1 Å². The SMILES string of the molecule is CS(=O)(=O)c1nc2c(c(=O)[nH]1)CN(C1CC1)C2. The van der Waals surface area contributed by atoms with Crippen LogP contribution in [0, 0.1) is 0 Å². The van der Waals surface area contributed by atoms with E-state index < -0.39 is 9.84 Å². The molecule has 3 rings (SSSR count). The largest absolute Gasteiger partial charge is 0.297 e. The average Bonchev–Trinajstić information content (AvgIpc) is 2.97. The van der Waals surface area contributed by atoms with Gasteiger partial charge in [-0.2, -0.15) is 0 Å². The molecule has 1 aromatic heterocycles. The molecule has 0 aromatic carbocycles. The monoisotopic (exact) mass is 255 g/mol. The molecule has 0 radical (unpaired) electrons. The number of rotatable bonds is 2. The standard InChI is InChI=1S/C10H13N3O3S/c1-17(15,16)10-11-8-5-13(6-2-3-6)4-7(8)9(14)12-10/h6H,2-5H2,1H3,(H,11,12,14). The summed E-state index contributed by atoms with van der Waals surface area (Å²) < 4.78 is 22.7. The van der Waals surface area contributed by atoms with Gasteiger partial charge in [-0.1, -0.05) is 0 Å². The zero-order valence-electron chi connectivity index (χ0n) is 9.43. The van der Waals surface area contributed by atoms with E-state index in [1.54, 1.807) is 0 Å². The molecule has 1 N–H and O–H groups in total. The molecular weight excluding hydrogens is 242 g/mol. The highest BCUT2D eigenvalue weighted by molar-refractivity contribution is 7.90. The lowest BCUT2D eigenvalue weighted by Crippen LogP contribution is -2.21. The van der Waals surface area contributed by atoms with Crippen LogP contribution in [0.15, 0.2) is 9.95 Å². The van der Waals surface area contributed by atoms with E-state index in [-0.39, 0.29) is 10.7 Å². The molecule has 0 amide bonds. The zero-order chi connectivity index (χ0) is 12.2. The highest BCUT2D eigenvalue weighted by Crippen LogP contribution is 2.32. The Labute approximate surface area is 98.6 Å². The number of H-pyrrole nitrogens is 1. The van der Waals surface area contributed by atoms with Crippen molar-refractivity contribution in [2.24, 2.45) is 0 Å². The Morgan fingerprint density at radius 1 is 1.35 bits per heavy atom. The van der Waals surface area contributed by atoms with Gasteiger partial charge in [0.15, 0.2) is 0 Å². The molecule has 0 saturated heterocycles. The Bertz CT molecular complexity index is 631. The van der Waals surface area contributed by atoms with Crippen LogP contribution in [0.2, 0.25) is 0 Å². The van der Waals surface area contributed by atoms with E-state index in [9.17, 15) is 13.2 Å². The fourth-order valence-corrected chi connectivity index (χ4v) is 2.69. The van der Waals surface area contributed by atoms with Crippen LogP contribution >= 0.6 is 0 Å². The van der Waals surface area contributed by atoms with Crippen molar-refractivity contribution in [3.63, 3.8) is 0 Å². The van der Waals surface area contributed by atoms with Crippen molar-refractivity contribution >= 4 is 9.84 Å². The molecule has 2 aliphatic rings. The van der Waals surface area contributed by atoms with E-state index >= 15 is 0 Å². The summed E-state index contributed by atoms with van der Waals surface area (Å²) in [6.45, 7) is 1.18. The summed E-state index contributed by atoms with van der Waals surface area (Å²) in [5.74, 6) is 0. The number of aromatic amines is 1. The molecule has 1 aliphatic carbocycles. The second-order valence-electron chi connectivity index (χ2n) is 4.70. The van der Waals surface area contributed by atoms with E-state index in [2.05, 4.69) is 14.9 Å². The highest BCUT2D eigenvalue weighted by Gasteiger charge is 2.35. The Morgan fingerprint density at radius 2 is 2.06 bits per heavy atom. The first-order valence-corrected chi connectivity index (χ1v) is 7.40. The average molecular weight is 255 g/mol. The van der Waals surface area contributed by atoms with E-state index in [1.165, 1.54) is 0 Å². The number of sulfone groups is 1. The quantitative estimate of drug-likeness (QED) is 0.730. The normalized spacial score (nSPS) is 20.5. The minimum atomic E-state index is -3.45. The summed E-state index contributed by atoms with van der Waals surface area (Å²) in [6.07, 6.45) is 3.36. The smallest absolute Gasteiger partial charge is 0.256 e. The summed E-state index contributed by atoms with van der Waals surface area (Å²) in [4.78, 5) is 20.4. The molecule has 2 heterocycles. The highest BCUT2D eigenvalue weighted by atomic mass is 32.2. The van der Waals surface area contributed by atoms with Crippen molar-refractivity contribution in [3.05, 3.63) is 21.6 Å². The van der Waals surface area contributed by atoms with Gasteiger partial charge in [-0.05, 0) is 12.8 Å². The van der Waals surface area contributed by atoms with Crippen LogP contribution in [-0.4, -0.2) is 35.6 Å². The summed E-state index contributed by atoms with van der Waals surface area (Å²) in [5.41, 5.74) is 0.906. The predicted octanol–water partition coefficient (Wildman–Crippen LogP) is -0.349. The molecule has 1 saturated carbocycles. The van der Waals surface area contributed by atoms with Crippen LogP contribution in [0.4, 0.5) is 0 Å². The summed E-state index contributed by atoms with van der Waals surface area (Å²) in [7, 11) is -3.45. The maximum absolute atomic E-state index is 11.8. The molecule has 17 heavy (non-hydrogen) atoms. The van der Waals surface area contributed by atoms with Crippen molar-refractivity contribution < 1.29 is 8.42 Å². The molecule has 7 heteroatoms. The van der Waals surface area contributed by atoms with Crippen LogP contribution in [0.25, 0.3) is 0 Å². The van der Waals surface area contributed by atoms with Gasteiger partial charge in [-0.15, -0.1) is 0 Å². The van der Waals surface area contributed by atoms with E-state index in [1.807, 2.05) is 0 Å². The number of hydrogen-bond donors (Lipinski definition) is 1. The lowest BCUT2D eigenvalue weighted by molar-refractivity contribution is 0.271. The lowest BCUT2D eigenvalue weighted by atomic mass is 10.3. The topological polar surface area (TPSA) is 83.1 Å². The van der Waals surface area contributed by atoms with E-state index in [0.29, 0.717) is 30.4 Å². The van der Waals surface area contributed by atoms with Crippen molar-refractivity contribution in [1.29, 1.82) is 0 Å². The van der Waals surface area contributed by atoms with Crippen LogP contribution < -0.4 is 5.56 Å². The van der Waals surface area contributed by atoms with E-state index in [0.717, 1.165) is 19.1 Å². The fraction of sp³-hybridized carbons (Fsp3) is 0.600. The maximum atomic E-state index is 11.8.